The molecule has 0 saturated carbocycles. The molecule has 0 saturated heterocycles. The molecular formula is C19H18FNO4. The van der Waals surface area contributed by atoms with Crippen LogP contribution in [0.1, 0.15) is 29.3 Å². The van der Waals surface area contributed by atoms with Crippen LogP contribution in [0.3, 0.4) is 0 Å². The van der Waals surface area contributed by atoms with Gasteiger partial charge in [-0.05, 0) is 43.2 Å². The molecule has 0 aliphatic carbocycles. The first-order chi connectivity index (χ1) is 11.9. The lowest BCUT2D eigenvalue weighted by atomic mass is 10.1. The fraction of sp³-hybridized carbons (Fsp3) is 0.263. The second-order valence-electron chi connectivity index (χ2n) is 6.05. The van der Waals surface area contributed by atoms with Gasteiger partial charge in [0.1, 0.15) is 17.7 Å². The van der Waals surface area contributed by atoms with Crippen LogP contribution in [0.4, 0.5) is 10.1 Å². The molecule has 1 heterocycles. The smallest absolute Gasteiger partial charge is 0.335 e. The first-order valence-corrected chi connectivity index (χ1v) is 8.03. The van der Waals surface area contributed by atoms with Crippen LogP contribution in [0.2, 0.25) is 0 Å². The van der Waals surface area contributed by atoms with Gasteiger partial charge in [0.05, 0.1) is 17.8 Å². The maximum Gasteiger partial charge on any atom is 0.335 e. The van der Waals surface area contributed by atoms with E-state index in [0.29, 0.717) is 24.4 Å². The van der Waals surface area contributed by atoms with Crippen LogP contribution in [0, 0.1) is 5.82 Å². The molecule has 130 valence electrons. The molecule has 0 aromatic heterocycles. The Morgan fingerprint density at radius 1 is 1.24 bits per heavy atom. The number of halogens is 1. The maximum absolute atomic E-state index is 13.4. The van der Waals surface area contributed by atoms with Gasteiger partial charge in [-0.15, -0.1) is 0 Å². The molecule has 1 amide bonds. The highest BCUT2D eigenvalue weighted by molar-refractivity contribution is 5.95. The Bertz CT molecular complexity index is 804. The van der Waals surface area contributed by atoms with Crippen LogP contribution < -0.4 is 9.64 Å². The molecule has 25 heavy (non-hydrogen) atoms. The molecule has 3 rings (SSSR count). The monoisotopic (exact) mass is 343 g/mol. The zero-order valence-corrected chi connectivity index (χ0v) is 13.7. The minimum Gasteiger partial charge on any atom is -0.487 e. The highest BCUT2D eigenvalue weighted by Crippen LogP contribution is 2.34. The summed E-state index contributed by atoms with van der Waals surface area (Å²) in [6.45, 7) is 2.24. The van der Waals surface area contributed by atoms with Gasteiger partial charge < -0.3 is 14.7 Å². The number of nitrogens with zero attached hydrogens (tertiary/aromatic N) is 1. The summed E-state index contributed by atoms with van der Waals surface area (Å²) in [5.41, 5.74) is 1.68. The number of carboxylic acid groups (broad SMARTS) is 1. The second kappa shape index (κ2) is 6.93. The van der Waals surface area contributed by atoms with Gasteiger partial charge in [-0.3, -0.25) is 4.79 Å². The number of fused-ring (bicyclic) bond motifs is 1. The lowest BCUT2D eigenvalue weighted by Crippen LogP contribution is -2.42. The van der Waals surface area contributed by atoms with E-state index in [-0.39, 0.29) is 24.0 Å². The van der Waals surface area contributed by atoms with Crippen molar-refractivity contribution >= 4 is 17.6 Å². The van der Waals surface area contributed by atoms with Gasteiger partial charge in [-0.1, -0.05) is 12.1 Å². The normalized spacial score (nSPS) is 16.1. The zero-order valence-electron chi connectivity index (χ0n) is 13.7. The van der Waals surface area contributed by atoms with E-state index in [2.05, 4.69) is 0 Å². The Morgan fingerprint density at radius 2 is 1.96 bits per heavy atom. The highest BCUT2D eigenvalue weighted by atomic mass is 19.1. The van der Waals surface area contributed by atoms with Crippen LogP contribution in [-0.4, -0.2) is 29.6 Å². The molecule has 0 radical (unpaired) electrons. The Morgan fingerprint density at radius 3 is 2.64 bits per heavy atom. The number of hydrogen-bond donors (Lipinski definition) is 1. The highest BCUT2D eigenvalue weighted by Gasteiger charge is 2.27. The van der Waals surface area contributed by atoms with Gasteiger partial charge >= 0.3 is 5.97 Å². The molecule has 5 nitrogen and oxygen atoms in total. The summed E-state index contributed by atoms with van der Waals surface area (Å²) in [5.74, 6) is -1.09. The average molecular weight is 343 g/mol. The Balaban J connectivity index is 1.70. The van der Waals surface area contributed by atoms with Crippen molar-refractivity contribution < 1.29 is 23.8 Å². The lowest BCUT2D eigenvalue weighted by molar-refractivity contribution is -0.119. The van der Waals surface area contributed by atoms with E-state index in [1.807, 2.05) is 6.92 Å². The number of aryl methyl sites for hydroxylation is 1. The number of ether oxygens (including phenoxy) is 1. The van der Waals surface area contributed by atoms with Crippen LogP contribution in [0.25, 0.3) is 0 Å². The van der Waals surface area contributed by atoms with Crippen LogP contribution in [-0.2, 0) is 11.2 Å². The van der Waals surface area contributed by atoms with Crippen molar-refractivity contribution in [2.45, 2.75) is 25.9 Å². The van der Waals surface area contributed by atoms with Gasteiger partial charge in [0.25, 0.3) is 0 Å². The molecule has 1 aliphatic heterocycles. The van der Waals surface area contributed by atoms with Crippen molar-refractivity contribution in [1.82, 2.24) is 0 Å². The SMILES string of the molecule is CC1CN(C(=O)CCc2ccc(C(=O)O)cc2)c2ccc(F)cc2O1. The van der Waals surface area contributed by atoms with E-state index >= 15 is 0 Å². The number of anilines is 1. The Labute approximate surface area is 144 Å². The summed E-state index contributed by atoms with van der Waals surface area (Å²) in [6, 6.07) is 10.6. The predicted octanol–water partition coefficient (Wildman–Crippen LogP) is 3.27. The summed E-state index contributed by atoms with van der Waals surface area (Å²) in [6.07, 6.45) is 0.560. The molecular weight excluding hydrogens is 325 g/mol. The fourth-order valence-corrected chi connectivity index (χ4v) is 2.85. The van der Waals surface area contributed by atoms with E-state index in [4.69, 9.17) is 9.84 Å². The first-order valence-electron chi connectivity index (χ1n) is 8.03. The Hall–Kier alpha value is -2.89. The number of hydrogen-bond acceptors (Lipinski definition) is 3. The van der Waals surface area contributed by atoms with Crippen molar-refractivity contribution in [3.63, 3.8) is 0 Å². The van der Waals surface area contributed by atoms with Crippen LogP contribution >= 0.6 is 0 Å². The molecule has 1 N–H and O–H groups in total. The summed E-state index contributed by atoms with van der Waals surface area (Å²) >= 11 is 0. The van der Waals surface area contributed by atoms with Crippen molar-refractivity contribution in [3.05, 3.63) is 59.4 Å². The molecule has 6 heteroatoms. The fourth-order valence-electron chi connectivity index (χ4n) is 2.85. The van der Waals surface area contributed by atoms with E-state index < -0.39 is 11.8 Å². The minimum absolute atomic E-state index is 0.0784. The van der Waals surface area contributed by atoms with E-state index in [9.17, 15) is 14.0 Å². The molecule has 1 unspecified atom stereocenters. The van der Waals surface area contributed by atoms with Crippen molar-refractivity contribution in [3.8, 4) is 5.75 Å². The number of rotatable bonds is 4. The van der Waals surface area contributed by atoms with Crippen LogP contribution in [0.5, 0.6) is 5.75 Å². The molecule has 1 aliphatic rings. The molecule has 2 aromatic rings. The third-order valence-electron chi connectivity index (χ3n) is 4.11. The summed E-state index contributed by atoms with van der Waals surface area (Å²) in [5, 5.41) is 8.90. The topological polar surface area (TPSA) is 66.8 Å². The Kier molecular flexibility index (Phi) is 4.70. The minimum atomic E-state index is -0.978. The largest absolute Gasteiger partial charge is 0.487 e. The van der Waals surface area contributed by atoms with Gasteiger partial charge in [-0.25, -0.2) is 9.18 Å². The summed E-state index contributed by atoms with van der Waals surface area (Å²) in [4.78, 5) is 25.1. The van der Waals surface area contributed by atoms with Gasteiger partial charge in [0, 0.05) is 12.5 Å². The number of aromatic carboxylic acids is 1. The average Bonchev–Trinajstić information content (AvgIpc) is 2.58. The van der Waals surface area contributed by atoms with Crippen molar-refractivity contribution in [2.75, 3.05) is 11.4 Å². The molecule has 0 spiro atoms. The number of carbonyl (C=O) groups excluding carboxylic acids is 1. The maximum atomic E-state index is 13.4. The second-order valence-corrected chi connectivity index (χ2v) is 6.05. The van der Waals surface area contributed by atoms with Crippen molar-refractivity contribution in [2.24, 2.45) is 0 Å². The third kappa shape index (κ3) is 3.79. The molecule has 0 bridgehead atoms. The first kappa shape index (κ1) is 17.0. The van der Waals surface area contributed by atoms with E-state index in [0.717, 1.165) is 5.56 Å². The van der Waals surface area contributed by atoms with E-state index in [1.165, 1.54) is 24.3 Å². The zero-order chi connectivity index (χ0) is 18.0. The standard InChI is InChI=1S/C19H18FNO4/c1-12-11-21(16-8-7-15(20)10-17(16)25-12)18(22)9-4-13-2-5-14(6-3-13)19(23)24/h2-3,5-8,10,12H,4,9,11H2,1H3,(H,23,24). The summed E-state index contributed by atoms with van der Waals surface area (Å²) in [7, 11) is 0. The molecule has 0 fully saturated rings. The van der Waals surface area contributed by atoms with Gasteiger partial charge in [-0.2, -0.15) is 0 Å². The molecule has 1 atom stereocenters. The molecule has 2 aromatic carbocycles. The van der Waals surface area contributed by atoms with E-state index in [1.54, 1.807) is 23.1 Å². The van der Waals surface area contributed by atoms with Gasteiger partial charge in [0.15, 0.2) is 0 Å². The number of benzene rings is 2. The third-order valence-corrected chi connectivity index (χ3v) is 4.11. The van der Waals surface area contributed by atoms with Gasteiger partial charge in [0.2, 0.25) is 5.91 Å². The lowest BCUT2D eigenvalue weighted by Gasteiger charge is -2.33. The predicted molar refractivity (Wildman–Crippen MR) is 90.6 cm³/mol. The number of amides is 1. The quantitative estimate of drug-likeness (QED) is 0.925. The van der Waals surface area contributed by atoms with Crippen LogP contribution in [0.15, 0.2) is 42.5 Å². The number of carboxylic acids is 1. The number of carbonyl (C=O) groups is 2. The van der Waals surface area contributed by atoms with Crippen molar-refractivity contribution in [1.29, 1.82) is 0 Å². The summed E-state index contributed by atoms with van der Waals surface area (Å²) < 4.78 is 19.0.